The standard InChI is InChI=1S/C16H16BrFN2O/c1-20(10-12-4-2-3-5-15(12)18)11-16(21)19-14-8-6-13(17)7-9-14/h2-9H,10-11H2,1H3,(H,19,21). The van der Waals surface area contributed by atoms with E-state index in [9.17, 15) is 9.18 Å². The third-order valence-electron chi connectivity index (χ3n) is 2.94. The zero-order chi connectivity index (χ0) is 15.2. The minimum atomic E-state index is -0.252. The molecule has 0 radical (unpaired) electrons. The van der Waals surface area contributed by atoms with Gasteiger partial charge in [0.25, 0.3) is 0 Å². The Bertz CT molecular complexity index is 616. The van der Waals surface area contributed by atoms with Crippen molar-refractivity contribution in [2.45, 2.75) is 6.54 Å². The van der Waals surface area contributed by atoms with Crippen molar-refractivity contribution < 1.29 is 9.18 Å². The third kappa shape index (κ3) is 4.95. The molecule has 0 aliphatic carbocycles. The molecule has 0 unspecified atom stereocenters. The van der Waals surface area contributed by atoms with Crippen LogP contribution in [0.4, 0.5) is 10.1 Å². The molecule has 21 heavy (non-hydrogen) atoms. The maximum atomic E-state index is 13.5. The smallest absolute Gasteiger partial charge is 0.238 e. The number of rotatable bonds is 5. The normalized spacial score (nSPS) is 10.7. The maximum absolute atomic E-state index is 13.5. The van der Waals surface area contributed by atoms with Crippen LogP contribution in [0.15, 0.2) is 53.0 Å². The number of carbonyl (C=O) groups excluding carboxylic acids is 1. The second-order valence-electron chi connectivity index (χ2n) is 4.82. The number of likely N-dealkylation sites (N-methyl/N-ethyl adjacent to an activating group) is 1. The molecule has 1 amide bonds. The van der Waals surface area contributed by atoms with E-state index in [1.165, 1.54) is 6.07 Å². The van der Waals surface area contributed by atoms with Gasteiger partial charge in [-0.3, -0.25) is 9.69 Å². The molecular formula is C16H16BrFN2O. The van der Waals surface area contributed by atoms with Gasteiger partial charge in [-0.1, -0.05) is 34.1 Å². The number of anilines is 1. The fourth-order valence-electron chi connectivity index (χ4n) is 1.95. The first kappa shape index (κ1) is 15.7. The lowest BCUT2D eigenvalue weighted by Crippen LogP contribution is -2.30. The first-order valence-corrected chi connectivity index (χ1v) is 7.31. The van der Waals surface area contributed by atoms with E-state index in [0.29, 0.717) is 12.1 Å². The number of halogens is 2. The lowest BCUT2D eigenvalue weighted by atomic mass is 10.2. The Labute approximate surface area is 131 Å². The highest BCUT2D eigenvalue weighted by Gasteiger charge is 2.09. The molecule has 0 saturated heterocycles. The Morgan fingerprint density at radius 1 is 1.19 bits per heavy atom. The molecular weight excluding hydrogens is 335 g/mol. The summed E-state index contributed by atoms with van der Waals surface area (Å²) in [5.74, 6) is -0.381. The first-order chi connectivity index (χ1) is 10.0. The molecule has 110 valence electrons. The second kappa shape index (κ2) is 7.33. The molecule has 0 spiro atoms. The van der Waals surface area contributed by atoms with Gasteiger partial charge in [-0.2, -0.15) is 0 Å². The SMILES string of the molecule is CN(CC(=O)Nc1ccc(Br)cc1)Cc1ccccc1F. The molecule has 3 nitrogen and oxygen atoms in total. The minimum absolute atomic E-state index is 0.129. The summed E-state index contributed by atoms with van der Waals surface area (Å²) < 4.78 is 14.5. The quantitative estimate of drug-likeness (QED) is 0.892. The summed E-state index contributed by atoms with van der Waals surface area (Å²) in [6.45, 7) is 0.588. The monoisotopic (exact) mass is 350 g/mol. The van der Waals surface area contributed by atoms with Gasteiger partial charge in [-0.15, -0.1) is 0 Å². The van der Waals surface area contributed by atoms with Crippen LogP contribution < -0.4 is 5.32 Å². The van der Waals surface area contributed by atoms with Crippen LogP contribution in [-0.2, 0) is 11.3 Å². The summed E-state index contributed by atoms with van der Waals surface area (Å²) in [7, 11) is 1.79. The van der Waals surface area contributed by atoms with Gasteiger partial charge in [0, 0.05) is 22.3 Å². The molecule has 0 heterocycles. The number of amides is 1. The van der Waals surface area contributed by atoms with Crippen molar-refractivity contribution in [3.8, 4) is 0 Å². The van der Waals surface area contributed by atoms with Crippen LogP contribution in [0.25, 0.3) is 0 Å². The van der Waals surface area contributed by atoms with Crippen molar-refractivity contribution in [3.63, 3.8) is 0 Å². The van der Waals surface area contributed by atoms with E-state index in [4.69, 9.17) is 0 Å². The zero-order valence-electron chi connectivity index (χ0n) is 11.6. The summed E-state index contributed by atoms with van der Waals surface area (Å²) in [5.41, 5.74) is 1.32. The topological polar surface area (TPSA) is 32.3 Å². The summed E-state index contributed by atoms with van der Waals surface area (Å²) >= 11 is 3.34. The number of benzene rings is 2. The fraction of sp³-hybridized carbons (Fsp3) is 0.188. The molecule has 0 aromatic heterocycles. The van der Waals surface area contributed by atoms with E-state index >= 15 is 0 Å². The average Bonchev–Trinajstić information content (AvgIpc) is 2.44. The van der Waals surface area contributed by atoms with E-state index in [-0.39, 0.29) is 18.3 Å². The molecule has 0 bridgehead atoms. The summed E-state index contributed by atoms with van der Waals surface area (Å²) in [4.78, 5) is 13.7. The Morgan fingerprint density at radius 3 is 2.52 bits per heavy atom. The zero-order valence-corrected chi connectivity index (χ0v) is 13.2. The predicted molar refractivity (Wildman–Crippen MR) is 85.5 cm³/mol. The lowest BCUT2D eigenvalue weighted by Gasteiger charge is -2.16. The van der Waals surface area contributed by atoms with Gasteiger partial charge >= 0.3 is 0 Å². The van der Waals surface area contributed by atoms with Crippen LogP contribution in [0.2, 0.25) is 0 Å². The number of nitrogens with one attached hydrogen (secondary N) is 1. The van der Waals surface area contributed by atoms with Gasteiger partial charge in [0.05, 0.1) is 6.54 Å². The summed E-state index contributed by atoms with van der Waals surface area (Å²) in [6, 6.07) is 13.9. The molecule has 2 aromatic rings. The summed E-state index contributed by atoms with van der Waals surface area (Å²) in [5, 5.41) is 2.81. The van der Waals surface area contributed by atoms with E-state index in [2.05, 4.69) is 21.2 Å². The second-order valence-corrected chi connectivity index (χ2v) is 5.73. The highest BCUT2D eigenvalue weighted by atomic mass is 79.9. The van der Waals surface area contributed by atoms with Crippen LogP contribution in [0.1, 0.15) is 5.56 Å². The van der Waals surface area contributed by atoms with Gasteiger partial charge < -0.3 is 5.32 Å². The van der Waals surface area contributed by atoms with Crippen molar-refractivity contribution in [2.75, 3.05) is 18.9 Å². The highest BCUT2D eigenvalue weighted by molar-refractivity contribution is 9.10. The fourth-order valence-corrected chi connectivity index (χ4v) is 2.22. The Morgan fingerprint density at radius 2 is 1.86 bits per heavy atom. The van der Waals surface area contributed by atoms with Gasteiger partial charge in [-0.25, -0.2) is 4.39 Å². The molecule has 2 rings (SSSR count). The number of hydrogen-bond donors (Lipinski definition) is 1. The van der Waals surface area contributed by atoms with E-state index in [1.54, 1.807) is 30.1 Å². The molecule has 5 heteroatoms. The van der Waals surface area contributed by atoms with Gasteiger partial charge in [0.1, 0.15) is 5.82 Å². The molecule has 0 atom stereocenters. The molecule has 0 aliphatic rings. The molecule has 0 fully saturated rings. The molecule has 1 N–H and O–H groups in total. The summed E-state index contributed by atoms with van der Waals surface area (Å²) in [6.07, 6.45) is 0. The Kier molecular flexibility index (Phi) is 5.47. The molecule has 0 saturated carbocycles. The van der Waals surface area contributed by atoms with Crippen molar-refractivity contribution >= 4 is 27.5 Å². The van der Waals surface area contributed by atoms with Crippen molar-refractivity contribution in [1.82, 2.24) is 4.90 Å². The van der Waals surface area contributed by atoms with Crippen LogP contribution in [0.5, 0.6) is 0 Å². The molecule has 2 aromatic carbocycles. The van der Waals surface area contributed by atoms with E-state index < -0.39 is 0 Å². The Hall–Kier alpha value is -1.72. The predicted octanol–water partition coefficient (Wildman–Crippen LogP) is 3.66. The third-order valence-corrected chi connectivity index (χ3v) is 3.47. The van der Waals surface area contributed by atoms with Crippen molar-refractivity contribution in [2.24, 2.45) is 0 Å². The number of carbonyl (C=O) groups is 1. The van der Waals surface area contributed by atoms with Crippen LogP contribution in [-0.4, -0.2) is 24.4 Å². The van der Waals surface area contributed by atoms with Gasteiger partial charge in [0.15, 0.2) is 0 Å². The van der Waals surface area contributed by atoms with Crippen LogP contribution >= 0.6 is 15.9 Å². The minimum Gasteiger partial charge on any atom is -0.325 e. The number of nitrogens with zero attached hydrogens (tertiary/aromatic N) is 1. The van der Waals surface area contributed by atoms with Crippen molar-refractivity contribution in [1.29, 1.82) is 0 Å². The molecule has 0 aliphatic heterocycles. The first-order valence-electron chi connectivity index (χ1n) is 6.52. The van der Waals surface area contributed by atoms with E-state index in [0.717, 1.165) is 10.2 Å². The van der Waals surface area contributed by atoms with E-state index in [1.807, 2.05) is 24.3 Å². The van der Waals surface area contributed by atoms with Crippen LogP contribution in [0.3, 0.4) is 0 Å². The lowest BCUT2D eigenvalue weighted by molar-refractivity contribution is -0.117. The highest BCUT2D eigenvalue weighted by Crippen LogP contribution is 2.14. The number of hydrogen-bond acceptors (Lipinski definition) is 2. The maximum Gasteiger partial charge on any atom is 0.238 e. The largest absolute Gasteiger partial charge is 0.325 e. The average molecular weight is 351 g/mol. The van der Waals surface area contributed by atoms with Crippen molar-refractivity contribution in [3.05, 3.63) is 64.4 Å². The van der Waals surface area contributed by atoms with Crippen LogP contribution in [0, 0.1) is 5.82 Å². The van der Waals surface area contributed by atoms with Gasteiger partial charge in [-0.05, 0) is 37.4 Å². The van der Waals surface area contributed by atoms with Gasteiger partial charge in [0.2, 0.25) is 5.91 Å². The Balaban J connectivity index is 1.87.